The molecule has 0 heterocycles. The summed E-state index contributed by atoms with van der Waals surface area (Å²) < 4.78 is 0. The van der Waals surface area contributed by atoms with Crippen LogP contribution in [0.25, 0.3) is 6.08 Å². The van der Waals surface area contributed by atoms with Crippen LogP contribution in [0.3, 0.4) is 0 Å². The lowest BCUT2D eigenvalue weighted by atomic mass is 10.0. The van der Waals surface area contributed by atoms with Crippen LogP contribution >= 0.6 is 12.2 Å². The van der Waals surface area contributed by atoms with E-state index in [1.54, 1.807) is 0 Å². The predicted octanol–water partition coefficient (Wildman–Crippen LogP) is 10.1. The third-order valence-corrected chi connectivity index (χ3v) is 7.00. The van der Waals surface area contributed by atoms with Gasteiger partial charge in [0.2, 0.25) is 0 Å². The van der Waals surface area contributed by atoms with Crippen LogP contribution in [0.5, 0.6) is 0 Å². The van der Waals surface area contributed by atoms with Gasteiger partial charge in [-0.1, -0.05) is 146 Å². The molecule has 33 heavy (non-hydrogen) atoms. The molecule has 0 saturated carbocycles. The number of aryl methyl sites for hydroxylation is 3. The molecule has 180 valence electrons. The van der Waals surface area contributed by atoms with Crippen LogP contribution in [0, 0.1) is 0 Å². The second kappa shape index (κ2) is 16.8. The minimum atomic E-state index is 0.913. The third-order valence-electron chi connectivity index (χ3n) is 6.63. The number of hydrogen-bond acceptors (Lipinski definition) is 1. The second-order valence-corrected chi connectivity index (χ2v) is 9.91. The first-order valence-corrected chi connectivity index (χ1v) is 14.0. The minimum absolute atomic E-state index is 0.913. The van der Waals surface area contributed by atoms with Gasteiger partial charge in [0.25, 0.3) is 0 Å². The fourth-order valence-corrected chi connectivity index (χ4v) is 4.60. The predicted molar refractivity (Wildman–Crippen MR) is 153 cm³/mol. The van der Waals surface area contributed by atoms with Gasteiger partial charge in [-0.3, -0.25) is 0 Å². The van der Waals surface area contributed by atoms with E-state index in [1.165, 1.54) is 99.3 Å². The molecule has 0 nitrogen and oxygen atoms in total. The first kappa shape index (κ1) is 27.5. The molecule has 0 aliphatic rings. The Hall–Kier alpha value is -1.73. The number of thiocarbonyl (C=S) groups is 1. The van der Waals surface area contributed by atoms with Crippen LogP contribution in [-0.4, -0.2) is 4.86 Å². The van der Waals surface area contributed by atoms with Crippen LogP contribution in [0.2, 0.25) is 0 Å². The summed E-state index contributed by atoms with van der Waals surface area (Å²) in [5.41, 5.74) is 6.62. The summed E-state index contributed by atoms with van der Waals surface area (Å²) in [6, 6.07) is 15.8. The number of benzene rings is 2. The third kappa shape index (κ3) is 11.3. The van der Waals surface area contributed by atoms with Gasteiger partial charge >= 0.3 is 0 Å². The van der Waals surface area contributed by atoms with Gasteiger partial charge in [-0.05, 0) is 59.6 Å². The van der Waals surface area contributed by atoms with Crippen molar-refractivity contribution in [1.82, 2.24) is 0 Å². The largest absolute Gasteiger partial charge is 0.0795 e. The molecular weight excluding hydrogens is 416 g/mol. The highest BCUT2D eigenvalue weighted by Crippen LogP contribution is 2.16. The molecule has 0 aliphatic heterocycles. The molecule has 0 N–H and O–H groups in total. The van der Waals surface area contributed by atoms with Crippen LogP contribution in [-0.2, 0) is 19.3 Å². The Kier molecular flexibility index (Phi) is 14.0. The van der Waals surface area contributed by atoms with Gasteiger partial charge in [-0.15, -0.1) is 0 Å². The molecule has 0 unspecified atom stereocenters. The molecule has 0 radical (unpaired) electrons. The van der Waals surface area contributed by atoms with Gasteiger partial charge in [-0.2, -0.15) is 0 Å². The first-order chi connectivity index (χ1) is 16.2. The van der Waals surface area contributed by atoms with Crippen molar-refractivity contribution >= 4 is 23.2 Å². The van der Waals surface area contributed by atoms with Crippen molar-refractivity contribution in [3.8, 4) is 0 Å². The number of hydrogen-bond donors (Lipinski definition) is 0. The average Bonchev–Trinajstić information content (AvgIpc) is 2.85. The van der Waals surface area contributed by atoms with Crippen LogP contribution < -0.4 is 0 Å². The minimum Gasteiger partial charge on any atom is -0.0795 e. The van der Waals surface area contributed by atoms with E-state index in [0.717, 1.165) is 23.3 Å². The number of allylic oxidation sites excluding steroid dienone is 1. The van der Waals surface area contributed by atoms with E-state index < -0.39 is 0 Å². The summed E-state index contributed by atoms with van der Waals surface area (Å²) in [5, 5.41) is 0. The maximum absolute atomic E-state index is 5.68. The molecule has 2 aromatic rings. The summed E-state index contributed by atoms with van der Waals surface area (Å²) in [6.07, 6.45) is 23.0. The zero-order chi connectivity index (χ0) is 23.7. The fraction of sp³-hybridized carbons (Fsp3) is 0.531. The topological polar surface area (TPSA) is 0 Å². The standard InChI is InChI=1S/C32H46S/c1-4-7-8-9-10-11-12-13-14-15-16-17-29-18-21-31(22-19-29)32(33)23-20-30-25-27(5-2)24-28(6-3)26-30/h18-26H,4-17H2,1-3H3. The van der Waals surface area contributed by atoms with Crippen molar-refractivity contribution in [2.24, 2.45) is 0 Å². The summed E-state index contributed by atoms with van der Waals surface area (Å²) >= 11 is 5.68. The molecule has 0 spiro atoms. The number of rotatable bonds is 17. The Balaban J connectivity index is 1.68. The first-order valence-electron chi connectivity index (χ1n) is 13.6. The van der Waals surface area contributed by atoms with Gasteiger partial charge in [0.1, 0.15) is 0 Å². The molecule has 0 bridgehead atoms. The Morgan fingerprint density at radius 3 is 1.67 bits per heavy atom. The molecule has 1 heteroatoms. The van der Waals surface area contributed by atoms with Gasteiger partial charge in [0, 0.05) is 4.86 Å². The van der Waals surface area contributed by atoms with Crippen molar-refractivity contribution in [2.45, 2.75) is 111 Å². The SMILES string of the molecule is CCCCCCCCCCCCCc1ccc(C(=S)C=Cc2cc(CC)cc(CC)c2)cc1. The molecule has 2 rings (SSSR count). The van der Waals surface area contributed by atoms with E-state index in [1.807, 2.05) is 0 Å². The summed E-state index contributed by atoms with van der Waals surface area (Å²) in [7, 11) is 0. The summed E-state index contributed by atoms with van der Waals surface area (Å²) in [4.78, 5) is 0.913. The van der Waals surface area contributed by atoms with Crippen LogP contribution in [0.15, 0.2) is 48.5 Å². The molecule has 0 amide bonds. The number of unbranched alkanes of at least 4 members (excludes halogenated alkanes) is 10. The Morgan fingerprint density at radius 1 is 0.636 bits per heavy atom. The van der Waals surface area contributed by atoms with Crippen molar-refractivity contribution in [3.05, 3.63) is 76.4 Å². The lowest BCUT2D eigenvalue weighted by Crippen LogP contribution is -1.94. The second-order valence-electron chi connectivity index (χ2n) is 9.47. The van der Waals surface area contributed by atoms with Gasteiger partial charge in [-0.25, -0.2) is 0 Å². The Morgan fingerprint density at radius 2 is 1.15 bits per heavy atom. The van der Waals surface area contributed by atoms with E-state index in [0.29, 0.717) is 0 Å². The van der Waals surface area contributed by atoms with E-state index in [9.17, 15) is 0 Å². The highest BCUT2D eigenvalue weighted by atomic mass is 32.1. The molecule has 0 saturated heterocycles. The Labute approximate surface area is 209 Å². The maximum Gasteiger partial charge on any atom is 0.0449 e. The quantitative estimate of drug-likeness (QED) is 0.0975. The average molecular weight is 463 g/mol. The molecular formula is C32H46S. The fourth-order valence-electron chi connectivity index (χ4n) is 4.39. The monoisotopic (exact) mass is 462 g/mol. The highest BCUT2D eigenvalue weighted by Gasteiger charge is 2.01. The summed E-state index contributed by atoms with van der Waals surface area (Å²) in [6.45, 7) is 6.71. The van der Waals surface area contributed by atoms with Crippen molar-refractivity contribution in [2.75, 3.05) is 0 Å². The Bertz CT molecular complexity index is 806. The molecule has 0 aromatic heterocycles. The van der Waals surface area contributed by atoms with Crippen molar-refractivity contribution < 1.29 is 0 Å². The normalized spacial score (nSPS) is 11.4. The lowest BCUT2D eigenvalue weighted by molar-refractivity contribution is 0.549. The van der Waals surface area contributed by atoms with Crippen molar-refractivity contribution in [1.29, 1.82) is 0 Å². The van der Waals surface area contributed by atoms with Gasteiger partial charge in [0.15, 0.2) is 0 Å². The van der Waals surface area contributed by atoms with Crippen molar-refractivity contribution in [3.63, 3.8) is 0 Å². The van der Waals surface area contributed by atoms with E-state index >= 15 is 0 Å². The van der Waals surface area contributed by atoms with E-state index in [-0.39, 0.29) is 0 Å². The van der Waals surface area contributed by atoms with Crippen LogP contribution in [0.1, 0.15) is 119 Å². The summed E-state index contributed by atoms with van der Waals surface area (Å²) in [5.74, 6) is 0. The van der Waals surface area contributed by atoms with Gasteiger partial charge in [0.05, 0.1) is 0 Å². The molecule has 0 atom stereocenters. The molecule has 0 fully saturated rings. The molecule has 0 aliphatic carbocycles. The lowest BCUT2D eigenvalue weighted by Gasteiger charge is -2.06. The smallest absolute Gasteiger partial charge is 0.0449 e. The highest BCUT2D eigenvalue weighted by molar-refractivity contribution is 7.81. The van der Waals surface area contributed by atoms with E-state index in [4.69, 9.17) is 12.2 Å². The zero-order valence-electron chi connectivity index (χ0n) is 21.5. The van der Waals surface area contributed by atoms with Crippen LogP contribution in [0.4, 0.5) is 0 Å². The zero-order valence-corrected chi connectivity index (χ0v) is 22.3. The van der Waals surface area contributed by atoms with E-state index in [2.05, 4.69) is 75.4 Å². The van der Waals surface area contributed by atoms with Gasteiger partial charge < -0.3 is 0 Å². The maximum atomic E-state index is 5.68. The molecule has 2 aromatic carbocycles.